The highest BCUT2D eigenvalue weighted by atomic mass is 16.4. The predicted octanol–water partition coefficient (Wildman–Crippen LogP) is 0.957. The number of nitrogens with two attached hydrogens (primary N) is 1. The van der Waals surface area contributed by atoms with Crippen LogP contribution in [0.15, 0.2) is 23.4 Å². The van der Waals surface area contributed by atoms with E-state index in [9.17, 15) is 9.90 Å². The van der Waals surface area contributed by atoms with Gasteiger partial charge in [-0.1, -0.05) is 11.2 Å². The van der Waals surface area contributed by atoms with Crippen LogP contribution in [0.4, 0.5) is 0 Å². The number of carbonyl (C=O) groups is 1. The van der Waals surface area contributed by atoms with Gasteiger partial charge in [0.25, 0.3) is 5.91 Å². The zero-order valence-electron chi connectivity index (χ0n) is 10.2. The van der Waals surface area contributed by atoms with Crippen LogP contribution in [0.1, 0.15) is 28.8 Å². The summed E-state index contributed by atoms with van der Waals surface area (Å²) in [6.45, 7) is 2.22. The van der Waals surface area contributed by atoms with Crippen LogP contribution in [0.3, 0.4) is 0 Å². The number of nitrogens with one attached hydrogen (secondary N) is 1. The number of oxime groups is 1. The average Bonchev–Trinajstić information content (AvgIpc) is 2.34. The Morgan fingerprint density at radius 1 is 1.50 bits per heavy atom. The highest BCUT2D eigenvalue weighted by molar-refractivity contribution is 5.96. The zero-order valence-corrected chi connectivity index (χ0v) is 10.2. The maximum atomic E-state index is 11.7. The van der Waals surface area contributed by atoms with Crippen LogP contribution >= 0.6 is 0 Å². The Labute approximate surface area is 105 Å². The summed E-state index contributed by atoms with van der Waals surface area (Å²) in [4.78, 5) is 11.7. The van der Waals surface area contributed by atoms with E-state index < -0.39 is 0 Å². The van der Waals surface area contributed by atoms with Crippen molar-refractivity contribution in [3.63, 3.8) is 0 Å². The van der Waals surface area contributed by atoms with Crippen LogP contribution in [0.5, 0.6) is 5.75 Å². The van der Waals surface area contributed by atoms with Gasteiger partial charge >= 0.3 is 0 Å². The molecule has 0 aliphatic heterocycles. The van der Waals surface area contributed by atoms with E-state index in [2.05, 4.69) is 10.5 Å². The van der Waals surface area contributed by atoms with Gasteiger partial charge in [-0.15, -0.1) is 0 Å². The van der Waals surface area contributed by atoms with Crippen molar-refractivity contribution in [2.75, 3.05) is 6.54 Å². The molecule has 0 fully saturated rings. The van der Waals surface area contributed by atoms with Gasteiger partial charge in [0.15, 0.2) is 0 Å². The summed E-state index contributed by atoms with van der Waals surface area (Å²) in [5.74, 6) is -0.252. The Kier molecular flexibility index (Phi) is 4.98. The Morgan fingerprint density at radius 2 is 2.22 bits per heavy atom. The third-order valence-corrected chi connectivity index (χ3v) is 2.42. The quantitative estimate of drug-likeness (QED) is 0.205. The molecule has 1 aromatic carbocycles. The third-order valence-electron chi connectivity index (χ3n) is 2.42. The molecule has 0 saturated carbocycles. The maximum absolute atomic E-state index is 11.7. The number of carbonyl (C=O) groups excluding carboxylic acids is 1. The molecule has 0 aliphatic rings. The number of amides is 1. The van der Waals surface area contributed by atoms with Gasteiger partial charge in [-0.25, -0.2) is 0 Å². The SMILES string of the molecule is Cc1ccc(C(=O)NCCCC(N)=NO)c(O)c1. The van der Waals surface area contributed by atoms with Crippen molar-refractivity contribution < 1.29 is 15.1 Å². The fourth-order valence-corrected chi connectivity index (χ4v) is 1.45. The lowest BCUT2D eigenvalue weighted by Gasteiger charge is -2.07. The lowest BCUT2D eigenvalue weighted by Crippen LogP contribution is -2.25. The summed E-state index contributed by atoms with van der Waals surface area (Å²) in [7, 11) is 0. The van der Waals surface area contributed by atoms with E-state index in [1.807, 2.05) is 6.92 Å². The van der Waals surface area contributed by atoms with Crippen LogP contribution in [0.2, 0.25) is 0 Å². The minimum absolute atomic E-state index is 0.0380. The van der Waals surface area contributed by atoms with E-state index in [1.165, 1.54) is 6.07 Å². The zero-order chi connectivity index (χ0) is 13.5. The molecule has 0 aliphatic carbocycles. The molecule has 1 rings (SSSR count). The smallest absolute Gasteiger partial charge is 0.255 e. The standard InChI is InChI=1S/C12H17N3O3/c1-8-4-5-9(10(16)7-8)12(17)14-6-2-3-11(13)15-18/h4-5,7,16,18H,2-3,6H2,1H3,(H2,13,15)(H,14,17). The molecule has 0 bridgehead atoms. The molecule has 6 heteroatoms. The lowest BCUT2D eigenvalue weighted by molar-refractivity contribution is 0.0950. The number of aromatic hydroxyl groups is 1. The molecule has 0 heterocycles. The van der Waals surface area contributed by atoms with E-state index in [0.717, 1.165) is 5.56 Å². The van der Waals surface area contributed by atoms with Crippen molar-refractivity contribution in [2.24, 2.45) is 10.9 Å². The Morgan fingerprint density at radius 3 is 2.83 bits per heavy atom. The van der Waals surface area contributed by atoms with Gasteiger partial charge in [-0.05, 0) is 31.0 Å². The first kappa shape index (κ1) is 13.8. The topological polar surface area (TPSA) is 108 Å². The Bertz CT molecular complexity index is 458. The van der Waals surface area contributed by atoms with E-state index in [4.69, 9.17) is 10.9 Å². The van der Waals surface area contributed by atoms with Crippen molar-refractivity contribution in [3.8, 4) is 5.75 Å². The van der Waals surface area contributed by atoms with Gasteiger partial charge < -0.3 is 21.4 Å². The molecule has 98 valence electrons. The molecule has 0 atom stereocenters. The first-order valence-electron chi connectivity index (χ1n) is 5.59. The summed E-state index contributed by atoms with van der Waals surface area (Å²) in [5.41, 5.74) is 6.41. The van der Waals surface area contributed by atoms with Crippen molar-refractivity contribution in [1.29, 1.82) is 0 Å². The van der Waals surface area contributed by atoms with Gasteiger partial charge in [0.1, 0.15) is 11.6 Å². The van der Waals surface area contributed by atoms with Crippen molar-refractivity contribution in [2.45, 2.75) is 19.8 Å². The number of rotatable bonds is 5. The second-order valence-corrected chi connectivity index (χ2v) is 3.97. The number of phenolic OH excluding ortho intramolecular Hbond substituents is 1. The number of nitrogens with zero attached hydrogens (tertiary/aromatic N) is 1. The molecule has 6 nitrogen and oxygen atoms in total. The first-order chi connectivity index (χ1) is 8.54. The fraction of sp³-hybridized carbons (Fsp3) is 0.333. The minimum Gasteiger partial charge on any atom is -0.507 e. The third kappa shape index (κ3) is 3.97. The molecule has 0 aromatic heterocycles. The van der Waals surface area contributed by atoms with Crippen molar-refractivity contribution in [3.05, 3.63) is 29.3 Å². The number of hydrogen-bond donors (Lipinski definition) is 4. The molecule has 5 N–H and O–H groups in total. The average molecular weight is 251 g/mol. The fourth-order valence-electron chi connectivity index (χ4n) is 1.45. The molecular weight excluding hydrogens is 234 g/mol. The van der Waals surface area contributed by atoms with E-state index in [0.29, 0.717) is 19.4 Å². The number of benzene rings is 1. The monoisotopic (exact) mass is 251 g/mol. The number of aryl methyl sites for hydroxylation is 1. The lowest BCUT2D eigenvalue weighted by atomic mass is 10.1. The van der Waals surface area contributed by atoms with E-state index in [-0.39, 0.29) is 23.1 Å². The van der Waals surface area contributed by atoms with Gasteiger partial charge in [0.05, 0.1) is 5.56 Å². The summed E-state index contributed by atoms with van der Waals surface area (Å²) in [6, 6.07) is 4.86. The summed E-state index contributed by atoms with van der Waals surface area (Å²) >= 11 is 0. The first-order valence-corrected chi connectivity index (χ1v) is 5.59. The highest BCUT2D eigenvalue weighted by Gasteiger charge is 2.10. The second-order valence-electron chi connectivity index (χ2n) is 3.97. The molecular formula is C12H17N3O3. The second kappa shape index (κ2) is 6.48. The van der Waals surface area contributed by atoms with E-state index in [1.54, 1.807) is 12.1 Å². The summed E-state index contributed by atoms with van der Waals surface area (Å²) < 4.78 is 0. The normalized spacial score (nSPS) is 11.3. The van der Waals surface area contributed by atoms with Gasteiger partial charge in [-0.3, -0.25) is 4.79 Å². The molecule has 1 amide bonds. The van der Waals surface area contributed by atoms with Gasteiger partial charge in [0.2, 0.25) is 0 Å². The van der Waals surface area contributed by atoms with E-state index >= 15 is 0 Å². The molecule has 18 heavy (non-hydrogen) atoms. The molecule has 1 aromatic rings. The van der Waals surface area contributed by atoms with Crippen LogP contribution in [0.25, 0.3) is 0 Å². The molecule has 0 spiro atoms. The minimum atomic E-state index is -0.341. The van der Waals surface area contributed by atoms with Gasteiger partial charge in [0, 0.05) is 13.0 Å². The predicted molar refractivity (Wildman–Crippen MR) is 67.8 cm³/mol. The molecule has 0 radical (unpaired) electrons. The Balaban J connectivity index is 2.46. The number of phenols is 1. The van der Waals surface area contributed by atoms with Crippen LogP contribution in [-0.2, 0) is 0 Å². The largest absolute Gasteiger partial charge is 0.507 e. The summed E-state index contributed by atoms with van der Waals surface area (Å²) in [6.07, 6.45) is 0.963. The number of amidine groups is 1. The highest BCUT2D eigenvalue weighted by Crippen LogP contribution is 2.17. The van der Waals surface area contributed by atoms with Crippen LogP contribution in [-0.4, -0.2) is 28.6 Å². The van der Waals surface area contributed by atoms with Gasteiger partial charge in [-0.2, -0.15) is 0 Å². The molecule has 0 unspecified atom stereocenters. The Hall–Kier alpha value is -2.24. The molecule has 0 saturated heterocycles. The summed E-state index contributed by atoms with van der Waals surface area (Å²) in [5, 5.41) is 23.4. The van der Waals surface area contributed by atoms with Crippen molar-refractivity contribution >= 4 is 11.7 Å². The van der Waals surface area contributed by atoms with Crippen LogP contribution < -0.4 is 11.1 Å². The van der Waals surface area contributed by atoms with Crippen LogP contribution in [0, 0.1) is 6.92 Å². The van der Waals surface area contributed by atoms with Crippen molar-refractivity contribution in [1.82, 2.24) is 5.32 Å². The number of hydrogen-bond acceptors (Lipinski definition) is 4. The maximum Gasteiger partial charge on any atom is 0.255 e.